The second-order valence-electron chi connectivity index (χ2n) is 5.89. The molecular weight excluding hydrogens is 380 g/mol. The highest BCUT2D eigenvalue weighted by molar-refractivity contribution is 6.15. The highest BCUT2D eigenvalue weighted by Crippen LogP contribution is 2.28. The molecule has 0 saturated carbocycles. The Morgan fingerprint density at radius 2 is 1.31 bits per heavy atom. The molecule has 1 aromatic carbocycles. The van der Waals surface area contributed by atoms with Crippen LogP contribution in [0.1, 0.15) is 59.8 Å². The number of methoxy groups -OCH3 is 4. The molecule has 8 heteroatoms. The number of ether oxygens (including phenoxy) is 4. The normalized spacial score (nSPS) is 9.93. The SMILES string of the molecule is C=CC(=C)CCCc1cc(C(=O)OC)c(C(=O)OC)c(C(=O)OC)c1C(=O)OC. The van der Waals surface area contributed by atoms with Gasteiger partial charge in [0.05, 0.1) is 50.7 Å². The quantitative estimate of drug-likeness (QED) is 0.351. The lowest BCUT2D eigenvalue weighted by atomic mass is 9.88. The minimum Gasteiger partial charge on any atom is -0.465 e. The van der Waals surface area contributed by atoms with Crippen LogP contribution in [-0.4, -0.2) is 52.3 Å². The summed E-state index contributed by atoms with van der Waals surface area (Å²) >= 11 is 0. The van der Waals surface area contributed by atoms with Crippen LogP contribution in [0.15, 0.2) is 30.9 Å². The van der Waals surface area contributed by atoms with E-state index < -0.39 is 35.0 Å². The standard InChI is InChI=1S/C21H24O8/c1-7-12(2)9-8-10-13-11-14(18(22)26-3)16(20(24)28-5)17(21(25)29-6)15(13)19(23)27-4/h7,11H,1-2,8-10H2,3-6H3. The maximum atomic E-state index is 12.5. The van der Waals surface area contributed by atoms with Crippen LogP contribution in [0.3, 0.4) is 0 Å². The van der Waals surface area contributed by atoms with Gasteiger partial charge in [0.2, 0.25) is 0 Å². The van der Waals surface area contributed by atoms with E-state index in [2.05, 4.69) is 13.2 Å². The van der Waals surface area contributed by atoms with Gasteiger partial charge < -0.3 is 18.9 Å². The molecule has 0 fully saturated rings. The number of hydrogen-bond acceptors (Lipinski definition) is 8. The lowest BCUT2D eigenvalue weighted by Gasteiger charge is -2.18. The van der Waals surface area contributed by atoms with Gasteiger partial charge in [-0.3, -0.25) is 0 Å². The van der Waals surface area contributed by atoms with Gasteiger partial charge >= 0.3 is 23.9 Å². The average molecular weight is 404 g/mol. The van der Waals surface area contributed by atoms with E-state index in [4.69, 9.17) is 18.9 Å². The van der Waals surface area contributed by atoms with Crippen LogP contribution in [0.5, 0.6) is 0 Å². The lowest BCUT2D eigenvalue weighted by molar-refractivity contribution is 0.0520. The Hall–Kier alpha value is -3.42. The maximum absolute atomic E-state index is 12.5. The van der Waals surface area contributed by atoms with Crippen molar-refractivity contribution in [3.63, 3.8) is 0 Å². The number of carbonyl (C=O) groups excluding carboxylic acids is 4. The minimum absolute atomic E-state index is 0.170. The van der Waals surface area contributed by atoms with Crippen molar-refractivity contribution in [3.8, 4) is 0 Å². The van der Waals surface area contributed by atoms with Gasteiger partial charge in [0, 0.05) is 0 Å². The Balaban J connectivity index is 3.86. The zero-order chi connectivity index (χ0) is 22.1. The average Bonchev–Trinajstić information content (AvgIpc) is 2.75. The summed E-state index contributed by atoms with van der Waals surface area (Å²) in [4.78, 5) is 49.8. The molecule has 0 radical (unpaired) electrons. The summed E-state index contributed by atoms with van der Waals surface area (Å²) in [5, 5.41) is 0. The molecule has 0 amide bonds. The summed E-state index contributed by atoms with van der Waals surface area (Å²) < 4.78 is 19.0. The summed E-state index contributed by atoms with van der Waals surface area (Å²) in [6.45, 7) is 7.46. The van der Waals surface area contributed by atoms with E-state index >= 15 is 0 Å². The molecule has 1 aromatic rings. The molecule has 0 N–H and O–H groups in total. The van der Waals surface area contributed by atoms with Crippen LogP contribution >= 0.6 is 0 Å². The van der Waals surface area contributed by atoms with Gasteiger partial charge in [0.25, 0.3) is 0 Å². The molecule has 1 rings (SSSR count). The van der Waals surface area contributed by atoms with Gasteiger partial charge in [-0.05, 0) is 30.9 Å². The fourth-order valence-corrected chi connectivity index (χ4v) is 2.77. The Morgan fingerprint density at radius 3 is 1.79 bits per heavy atom. The largest absolute Gasteiger partial charge is 0.465 e. The third-order valence-corrected chi connectivity index (χ3v) is 4.22. The van der Waals surface area contributed by atoms with E-state index in [0.717, 1.165) is 34.0 Å². The number of aryl methyl sites for hydroxylation is 1. The van der Waals surface area contributed by atoms with Crippen molar-refractivity contribution >= 4 is 23.9 Å². The predicted octanol–water partition coefficient (Wildman–Crippen LogP) is 2.90. The Morgan fingerprint density at radius 1 is 0.828 bits per heavy atom. The molecule has 0 aromatic heterocycles. The second-order valence-corrected chi connectivity index (χ2v) is 5.89. The van der Waals surface area contributed by atoms with Crippen LogP contribution in [0, 0.1) is 0 Å². The van der Waals surface area contributed by atoms with Crippen LogP contribution < -0.4 is 0 Å². The van der Waals surface area contributed by atoms with Gasteiger partial charge in [-0.25, -0.2) is 19.2 Å². The molecule has 0 aliphatic rings. The minimum atomic E-state index is -0.998. The van der Waals surface area contributed by atoms with Crippen molar-refractivity contribution in [2.24, 2.45) is 0 Å². The van der Waals surface area contributed by atoms with Gasteiger partial charge in [0.1, 0.15) is 0 Å². The van der Waals surface area contributed by atoms with E-state index in [1.807, 2.05) is 0 Å². The van der Waals surface area contributed by atoms with Gasteiger partial charge in [-0.15, -0.1) is 0 Å². The molecule has 156 valence electrons. The zero-order valence-corrected chi connectivity index (χ0v) is 17.0. The van der Waals surface area contributed by atoms with Crippen molar-refractivity contribution in [1.82, 2.24) is 0 Å². The fraction of sp³-hybridized carbons (Fsp3) is 0.333. The predicted molar refractivity (Wildman–Crippen MR) is 104 cm³/mol. The molecule has 29 heavy (non-hydrogen) atoms. The molecule has 8 nitrogen and oxygen atoms in total. The molecule has 0 saturated heterocycles. The molecule has 0 heterocycles. The first-order chi connectivity index (χ1) is 13.8. The van der Waals surface area contributed by atoms with Crippen molar-refractivity contribution in [2.45, 2.75) is 19.3 Å². The number of carbonyl (C=O) groups is 4. The molecule has 0 unspecified atom stereocenters. The number of allylic oxidation sites excluding steroid dienone is 2. The molecule has 0 bridgehead atoms. The van der Waals surface area contributed by atoms with Crippen LogP contribution in [0.4, 0.5) is 0 Å². The number of rotatable bonds is 9. The van der Waals surface area contributed by atoms with Crippen LogP contribution in [0.25, 0.3) is 0 Å². The third kappa shape index (κ3) is 5.31. The highest BCUT2D eigenvalue weighted by atomic mass is 16.5. The van der Waals surface area contributed by atoms with Crippen molar-refractivity contribution in [1.29, 1.82) is 0 Å². The van der Waals surface area contributed by atoms with E-state index in [0.29, 0.717) is 18.4 Å². The molecule has 0 spiro atoms. The van der Waals surface area contributed by atoms with Crippen molar-refractivity contribution in [3.05, 3.63) is 58.7 Å². The second kappa shape index (κ2) is 10.8. The smallest absolute Gasteiger partial charge is 0.339 e. The van der Waals surface area contributed by atoms with Crippen molar-refractivity contribution in [2.75, 3.05) is 28.4 Å². The van der Waals surface area contributed by atoms with Crippen LogP contribution in [-0.2, 0) is 25.4 Å². The van der Waals surface area contributed by atoms with Gasteiger partial charge in [-0.1, -0.05) is 24.8 Å². The summed E-state index contributed by atoms with van der Waals surface area (Å²) in [6, 6.07) is 1.33. The number of benzene rings is 1. The Bertz CT molecular complexity index is 851. The van der Waals surface area contributed by atoms with Crippen LogP contribution in [0.2, 0.25) is 0 Å². The maximum Gasteiger partial charge on any atom is 0.339 e. The van der Waals surface area contributed by atoms with Gasteiger partial charge in [0.15, 0.2) is 0 Å². The first-order valence-electron chi connectivity index (χ1n) is 8.60. The van der Waals surface area contributed by atoms with Crippen molar-refractivity contribution < 1.29 is 38.1 Å². The topological polar surface area (TPSA) is 105 Å². The summed E-state index contributed by atoms with van der Waals surface area (Å²) in [7, 11) is 4.43. The van der Waals surface area contributed by atoms with Gasteiger partial charge in [-0.2, -0.15) is 0 Å². The lowest BCUT2D eigenvalue weighted by Crippen LogP contribution is -2.24. The van der Waals surface area contributed by atoms with E-state index in [-0.39, 0.29) is 17.5 Å². The Labute approximate surface area is 169 Å². The Kier molecular flexibility index (Phi) is 8.79. The molecular formula is C21H24O8. The first-order valence-corrected chi connectivity index (χ1v) is 8.60. The summed E-state index contributed by atoms with van der Waals surface area (Å²) in [5.41, 5.74) is -0.113. The summed E-state index contributed by atoms with van der Waals surface area (Å²) in [6.07, 6.45) is 3.01. The molecule has 0 aliphatic heterocycles. The number of esters is 4. The zero-order valence-electron chi connectivity index (χ0n) is 17.0. The molecule has 0 aliphatic carbocycles. The highest BCUT2D eigenvalue weighted by Gasteiger charge is 2.34. The van der Waals surface area contributed by atoms with E-state index in [1.165, 1.54) is 6.07 Å². The first kappa shape index (κ1) is 23.6. The van der Waals surface area contributed by atoms with E-state index in [1.54, 1.807) is 6.08 Å². The fourth-order valence-electron chi connectivity index (χ4n) is 2.77. The molecule has 0 atom stereocenters. The third-order valence-electron chi connectivity index (χ3n) is 4.22. The summed E-state index contributed by atoms with van der Waals surface area (Å²) in [5.74, 6) is -3.72. The number of hydrogen-bond donors (Lipinski definition) is 0. The monoisotopic (exact) mass is 404 g/mol. The van der Waals surface area contributed by atoms with E-state index in [9.17, 15) is 19.2 Å².